The van der Waals surface area contributed by atoms with Crippen LogP contribution in [0.1, 0.15) is 40.5 Å². The minimum atomic E-state index is -0.374. The Balaban J connectivity index is 3.55. The molecule has 0 spiro atoms. The van der Waals surface area contributed by atoms with E-state index in [4.69, 9.17) is 10.5 Å². The van der Waals surface area contributed by atoms with Crippen molar-refractivity contribution in [2.45, 2.75) is 52.1 Å². The van der Waals surface area contributed by atoms with Gasteiger partial charge in [0.25, 0.3) is 0 Å². The molecule has 0 radical (unpaired) electrons. The zero-order valence-electron chi connectivity index (χ0n) is 9.59. The molecule has 0 heterocycles. The van der Waals surface area contributed by atoms with E-state index in [1.165, 1.54) is 0 Å². The van der Waals surface area contributed by atoms with Crippen molar-refractivity contribution in [3.63, 3.8) is 0 Å². The molecule has 0 saturated heterocycles. The molecule has 0 aliphatic carbocycles. The van der Waals surface area contributed by atoms with Crippen molar-refractivity contribution in [2.24, 2.45) is 5.73 Å². The average molecular weight is 202 g/mol. The highest BCUT2D eigenvalue weighted by Gasteiger charge is 2.14. The van der Waals surface area contributed by atoms with Gasteiger partial charge in [0.2, 0.25) is 0 Å². The van der Waals surface area contributed by atoms with Crippen LogP contribution in [0.4, 0.5) is 4.79 Å². The topological polar surface area (TPSA) is 64.3 Å². The van der Waals surface area contributed by atoms with E-state index < -0.39 is 0 Å². The Morgan fingerprint density at radius 1 is 1.50 bits per heavy atom. The standard InChI is InChI=1S/C10H22N2O2/c1-5-8(11)6-7-14-9(13)12-10(2,3)4/h8H,5-7,11H2,1-4H3,(H,12,13). The summed E-state index contributed by atoms with van der Waals surface area (Å²) in [6.45, 7) is 8.13. The molecule has 0 saturated carbocycles. The van der Waals surface area contributed by atoms with Crippen LogP contribution in [0, 0.1) is 0 Å². The van der Waals surface area contributed by atoms with Crippen LogP contribution in [0.25, 0.3) is 0 Å². The second kappa shape index (κ2) is 5.86. The summed E-state index contributed by atoms with van der Waals surface area (Å²) in [5.41, 5.74) is 5.43. The minimum Gasteiger partial charge on any atom is -0.449 e. The Morgan fingerprint density at radius 3 is 2.50 bits per heavy atom. The Labute approximate surface area is 86.2 Å². The van der Waals surface area contributed by atoms with Crippen molar-refractivity contribution >= 4 is 6.09 Å². The van der Waals surface area contributed by atoms with Gasteiger partial charge < -0.3 is 15.8 Å². The molecule has 3 N–H and O–H groups in total. The number of carbonyl (C=O) groups is 1. The first kappa shape index (κ1) is 13.2. The zero-order chi connectivity index (χ0) is 11.2. The van der Waals surface area contributed by atoms with E-state index in [1.54, 1.807) is 0 Å². The highest BCUT2D eigenvalue weighted by molar-refractivity contribution is 5.67. The molecular weight excluding hydrogens is 180 g/mol. The number of ether oxygens (including phenoxy) is 1. The van der Waals surface area contributed by atoms with Crippen molar-refractivity contribution in [1.29, 1.82) is 0 Å². The summed E-state index contributed by atoms with van der Waals surface area (Å²) in [6, 6.07) is 0.123. The van der Waals surface area contributed by atoms with Gasteiger partial charge >= 0.3 is 6.09 Å². The summed E-state index contributed by atoms with van der Waals surface area (Å²) in [7, 11) is 0. The molecule has 0 aliphatic heterocycles. The second-order valence-electron chi connectivity index (χ2n) is 4.47. The highest BCUT2D eigenvalue weighted by atomic mass is 16.5. The lowest BCUT2D eigenvalue weighted by Gasteiger charge is -2.20. The van der Waals surface area contributed by atoms with E-state index >= 15 is 0 Å². The first-order chi connectivity index (χ1) is 6.35. The highest BCUT2D eigenvalue weighted by Crippen LogP contribution is 2.00. The molecule has 0 aromatic carbocycles. The fourth-order valence-electron chi connectivity index (χ4n) is 0.849. The number of nitrogens with one attached hydrogen (secondary N) is 1. The zero-order valence-corrected chi connectivity index (χ0v) is 9.59. The van der Waals surface area contributed by atoms with E-state index in [-0.39, 0.29) is 17.7 Å². The molecule has 0 rings (SSSR count). The van der Waals surface area contributed by atoms with Crippen LogP contribution in [-0.4, -0.2) is 24.3 Å². The molecule has 4 heteroatoms. The Hall–Kier alpha value is -0.770. The predicted octanol–water partition coefficient (Wildman–Crippen LogP) is 1.64. The number of alkyl carbamates (subject to hydrolysis) is 1. The largest absolute Gasteiger partial charge is 0.449 e. The van der Waals surface area contributed by atoms with E-state index in [2.05, 4.69) is 5.32 Å². The van der Waals surface area contributed by atoms with Crippen molar-refractivity contribution < 1.29 is 9.53 Å². The Morgan fingerprint density at radius 2 is 2.07 bits per heavy atom. The van der Waals surface area contributed by atoms with Gasteiger partial charge in [-0.15, -0.1) is 0 Å². The quantitative estimate of drug-likeness (QED) is 0.728. The minimum absolute atomic E-state index is 0.123. The average Bonchev–Trinajstić information content (AvgIpc) is 2.00. The monoisotopic (exact) mass is 202 g/mol. The number of nitrogens with two attached hydrogens (primary N) is 1. The van der Waals surface area contributed by atoms with E-state index in [0.29, 0.717) is 13.0 Å². The summed E-state index contributed by atoms with van der Waals surface area (Å²) >= 11 is 0. The molecule has 0 fully saturated rings. The molecule has 1 unspecified atom stereocenters. The Bertz CT molecular complexity index is 175. The predicted molar refractivity (Wildman–Crippen MR) is 57.1 cm³/mol. The van der Waals surface area contributed by atoms with Gasteiger partial charge in [0.05, 0.1) is 6.61 Å². The van der Waals surface area contributed by atoms with Gasteiger partial charge in [-0.25, -0.2) is 4.79 Å². The van der Waals surface area contributed by atoms with Crippen LogP contribution in [-0.2, 0) is 4.74 Å². The molecule has 0 bridgehead atoms. The number of carbonyl (C=O) groups excluding carboxylic acids is 1. The molecule has 0 aromatic rings. The normalized spacial score (nSPS) is 13.5. The van der Waals surface area contributed by atoms with Gasteiger partial charge in [-0.2, -0.15) is 0 Å². The van der Waals surface area contributed by atoms with Gasteiger partial charge in [0.1, 0.15) is 0 Å². The summed E-state index contributed by atoms with van der Waals surface area (Å²) in [4.78, 5) is 11.2. The summed E-state index contributed by atoms with van der Waals surface area (Å²) in [5, 5.41) is 2.71. The summed E-state index contributed by atoms with van der Waals surface area (Å²) in [6.07, 6.45) is 1.25. The fourth-order valence-corrected chi connectivity index (χ4v) is 0.849. The third-order valence-electron chi connectivity index (χ3n) is 1.72. The van der Waals surface area contributed by atoms with Crippen LogP contribution < -0.4 is 11.1 Å². The smallest absolute Gasteiger partial charge is 0.407 e. The van der Waals surface area contributed by atoms with Crippen molar-refractivity contribution in [2.75, 3.05) is 6.61 Å². The second-order valence-corrected chi connectivity index (χ2v) is 4.47. The fraction of sp³-hybridized carbons (Fsp3) is 0.900. The van der Waals surface area contributed by atoms with Crippen LogP contribution in [0.5, 0.6) is 0 Å². The van der Waals surface area contributed by atoms with Crippen LogP contribution >= 0.6 is 0 Å². The molecule has 0 aliphatic rings. The summed E-state index contributed by atoms with van der Waals surface area (Å²) in [5.74, 6) is 0. The van der Waals surface area contributed by atoms with E-state index in [1.807, 2.05) is 27.7 Å². The number of hydrogen-bond acceptors (Lipinski definition) is 3. The molecule has 14 heavy (non-hydrogen) atoms. The Kier molecular flexibility index (Phi) is 5.53. The maximum atomic E-state index is 11.2. The van der Waals surface area contributed by atoms with Crippen molar-refractivity contribution in [3.8, 4) is 0 Å². The summed E-state index contributed by atoms with van der Waals surface area (Å²) < 4.78 is 4.96. The van der Waals surface area contributed by atoms with Gasteiger partial charge in [-0.3, -0.25) is 0 Å². The van der Waals surface area contributed by atoms with Gasteiger partial charge in [0, 0.05) is 11.6 Å². The van der Waals surface area contributed by atoms with Gasteiger partial charge in [0.15, 0.2) is 0 Å². The molecule has 1 amide bonds. The molecule has 4 nitrogen and oxygen atoms in total. The molecule has 1 atom stereocenters. The SMILES string of the molecule is CCC(N)CCOC(=O)NC(C)(C)C. The molecular formula is C10H22N2O2. The first-order valence-corrected chi connectivity index (χ1v) is 5.05. The van der Waals surface area contributed by atoms with Gasteiger partial charge in [-0.1, -0.05) is 6.92 Å². The number of rotatable bonds is 4. The lowest BCUT2D eigenvalue weighted by atomic mass is 10.1. The van der Waals surface area contributed by atoms with Crippen LogP contribution in [0.15, 0.2) is 0 Å². The lowest BCUT2D eigenvalue weighted by Crippen LogP contribution is -2.41. The maximum Gasteiger partial charge on any atom is 0.407 e. The molecule has 84 valence electrons. The third-order valence-corrected chi connectivity index (χ3v) is 1.72. The number of amides is 1. The van der Waals surface area contributed by atoms with Crippen LogP contribution in [0.3, 0.4) is 0 Å². The maximum absolute atomic E-state index is 11.2. The van der Waals surface area contributed by atoms with E-state index in [0.717, 1.165) is 6.42 Å². The van der Waals surface area contributed by atoms with Gasteiger partial charge in [-0.05, 0) is 33.6 Å². The van der Waals surface area contributed by atoms with Crippen LogP contribution in [0.2, 0.25) is 0 Å². The third kappa shape index (κ3) is 7.86. The van der Waals surface area contributed by atoms with E-state index in [9.17, 15) is 4.79 Å². The number of hydrogen-bond donors (Lipinski definition) is 2. The first-order valence-electron chi connectivity index (χ1n) is 5.05. The lowest BCUT2D eigenvalue weighted by molar-refractivity contribution is 0.134. The van der Waals surface area contributed by atoms with Crippen molar-refractivity contribution in [3.05, 3.63) is 0 Å². The molecule has 0 aromatic heterocycles. The van der Waals surface area contributed by atoms with Crippen molar-refractivity contribution in [1.82, 2.24) is 5.32 Å².